The van der Waals surface area contributed by atoms with Crippen molar-refractivity contribution in [2.75, 3.05) is 33.1 Å². The number of nitrogens with zero attached hydrogens (tertiary/aromatic N) is 2. The molecule has 0 spiro atoms. The van der Waals surface area contributed by atoms with Gasteiger partial charge in [0.1, 0.15) is 5.54 Å². The van der Waals surface area contributed by atoms with Gasteiger partial charge in [-0.3, -0.25) is 24.6 Å². The molecule has 162 valence electrons. The van der Waals surface area contributed by atoms with Crippen molar-refractivity contribution in [1.82, 2.24) is 15.1 Å². The predicted octanol–water partition coefficient (Wildman–Crippen LogP) is 0.983. The van der Waals surface area contributed by atoms with Crippen LogP contribution in [0.2, 0.25) is 0 Å². The Morgan fingerprint density at radius 2 is 1.87 bits per heavy atom. The van der Waals surface area contributed by atoms with Crippen molar-refractivity contribution in [3.63, 3.8) is 0 Å². The molecule has 2 saturated heterocycles. The number of benzene rings is 1. The van der Waals surface area contributed by atoms with Crippen molar-refractivity contribution >= 4 is 29.5 Å². The standard InChI is InChI=1S/C21H28N4O5/c1-6-21(19(28)30-5)16-15(17(26)25(4)18(16)27)14(23-21)11-24(3)20(29)22-13-9-7-12(2)8-10-13/h7-10,14-16,23H,6,11H2,1-5H3,(H,22,29)/t14-,15+,16-,21-/m1/s1. The van der Waals surface area contributed by atoms with E-state index in [9.17, 15) is 19.2 Å². The maximum Gasteiger partial charge on any atom is 0.326 e. The summed E-state index contributed by atoms with van der Waals surface area (Å²) in [7, 11) is 4.29. The number of imide groups is 1. The first-order valence-electron chi connectivity index (χ1n) is 9.92. The number of fused-ring (bicyclic) bond motifs is 1. The van der Waals surface area contributed by atoms with Crippen LogP contribution in [0.4, 0.5) is 10.5 Å². The Kier molecular flexibility index (Phi) is 5.85. The number of anilines is 1. The number of methoxy groups -OCH3 is 1. The van der Waals surface area contributed by atoms with Crippen LogP contribution in [0.3, 0.4) is 0 Å². The van der Waals surface area contributed by atoms with Crippen LogP contribution in [0.5, 0.6) is 0 Å². The number of nitrogens with one attached hydrogen (secondary N) is 2. The van der Waals surface area contributed by atoms with Gasteiger partial charge in [0.15, 0.2) is 0 Å². The van der Waals surface area contributed by atoms with E-state index in [0.29, 0.717) is 5.69 Å². The van der Waals surface area contributed by atoms with Gasteiger partial charge in [0.25, 0.3) is 0 Å². The lowest BCUT2D eigenvalue weighted by atomic mass is 9.78. The zero-order chi connectivity index (χ0) is 22.2. The van der Waals surface area contributed by atoms with Crippen LogP contribution in [0.1, 0.15) is 18.9 Å². The first-order valence-corrected chi connectivity index (χ1v) is 9.92. The Morgan fingerprint density at radius 3 is 2.43 bits per heavy atom. The Hall–Kier alpha value is -2.94. The molecule has 2 N–H and O–H groups in total. The van der Waals surface area contributed by atoms with Crippen molar-refractivity contribution in [1.29, 1.82) is 0 Å². The highest BCUT2D eigenvalue weighted by atomic mass is 16.5. The van der Waals surface area contributed by atoms with E-state index >= 15 is 0 Å². The minimum Gasteiger partial charge on any atom is -0.468 e. The molecule has 30 heavy (non-hydrogen) atoms. The first-order chi connectivity index (χ1) is 14.2. The number of ether oxygens (including phenoxy) is 1. The third-order valence-corrected chi connectivity index (χ3v) is 6.21. The van der Waals surface area contributed by atoms with Gasteiger partial charge in [0, 0.05) is 32.4 Å². The van der Waals surface area contributed by atoms with E-state index in [1.165, 1.54) is 19.1 Å². The molecule has 3 rings (SSSR count). The van der Waals surface area contributed by atoms with Gasteiger partial charge >= 0.3 is 12.0 Å². The van der Waals surface area contributed by atoms with Gasteiger partial charge in [-0.2, -0.15) is 0 Å². The smallest absolute Gasteiger partial charge is 0.326 e. The second-order valence-corrected chi connectivity index (χ2v) is 7.98. The molecule has 2 aliphatic rings. The highest BCUT2D eigenvalue weighted by Crippen LogP contribution is 2.44. The van der Waals surface area contributed by atoms with Crippen LogP contribution in [-0.2, 0) is 19.1 Å². The summed E-state index contributed by atoms with van der Waals surface area (Å²) in [6.45, 7) is 3.87. The Balaban J connectivity index is 1.81. The van der Waals surface area contributed by atoms with Crippen LogP contribution in [-0.4, -0.2) is 72.9 Å². The van der Waals surface area contributed by atoms with Crippen LogP contribution >= 0.6 is 0 Å². The molecular formula is C21H28N4O5. The fraction of sp³-hybridized carbons (Fsp3) is 0.524. The molecule has 2 heterocycles. The zero-order valence-electron chi connectivity index (χ0n) is 17.9. The van der Waals surface area contributed by atoms with E-state index in [0.717, 1.165) is 10.5 Å². The molecule has 4 atom stereocenters. The molecule has 4 amide bonds. The molecule has 0 bridgehead atoms. The molecule has 0 aromatic heterocycles. The highest BCUT2D eigenvalue weighted by Gasteiger charge is 2.67. The lowest BCUT2D eigenvalue weighted by Gasteiger charge is -2.31. The molecule has 1 aromatic rings. The van der Waals surface area contributed by atoms with E-state index in [2.05, 4.69) is 10.6 Å². The average molecular weight is 416 g/mol. The number of carbonyl (C=O) groups is 4. The van der Waals surface area contributed by atoms with E-state index in [4.69, 9.17) is 4.74 Å². The molecule has 2 aliphatic heterocycles. The van der Waals surface area contributed by atoms with E-state index in [1.54, 1.807) is 26.1 Å². The summed E-state index contributed by atoms with van der Waals surface area (Å²) in [5, 5.41) is 5.99. The third kappa shape index (κ3) is 3.43. The van der Waals surface area contributed by atoms with Gasteiger partial charge in [0.05, 0.1) is 18.9 Å². The number of rotatable bonds is 5. The average Bonchev–Trinajstić information content (AvgIpc) is 3.18. The van der Waals surface area contributed by atoms with Crippen LogP contribution in [0, 0.1) is 18.8 Å². The summed E-state index contributed by atoms with van der Waals surface area (Å²) in [6.07, 6.45) is 0.281. The maximum atomic E-state index is 12.8. The minimum absolute atomic E-state index is 0.143. The summed E-state index contributed by atoms with van der Waals surface area (Å²) in [5.41, 5.74) is 0.435. The SMILES string of the molecule is CC[C@@]1(C(=O)OC)N[C@H](CN(C)C(=O)Nc2ccc(C)cc2)[C@@H]2C(=O)N(C)C(=O)[C@@H]21. The van der Waals surface area contributed by atoms with Gasteiger partial charge in [-0.1, -0.05) is 24.6 Å². The van der Waals surface area contributed by atoms with Crippen molar-refractivity contribution < 1.29 is 23.9 Å². The fourth-order valence-corrected chi connectivity index (χ4v) is 4.50. The second kappa shape index (κ2) is 8.06. The van der Waals surface area contributed by atoms with E-state index in [-0.39, 0.29) is 24.9 Å². The van der Waals surface area contributed by atoms with Crippen molar-refractivity contribution in [3.8, 4) is 0 Å². The monoisotopic (exact) mass is 416 g/mol. The molecule has 9 nitrogen and oxygen atoms in total. The topological polar surface area (TPSA) is 108 Å². The van der Waals surface area contributed by atoms with Crippen molar-refractivity contribution in [2.45, 2.75) is 31.8 Å². The summed E-state index contributed by atoms with van der Waals surface area (Å²) >= 11 is 0. The van der Waals surface area contributed by atoms with E-state index < -0.39 is 35.3 Å². The van der Waals surface area contributed by atoms with Gasteiger partial charge < -0.3 is 15.0 Å². The number of hydrogen-bond acceptors (Lipinski definition) is 6. The molecule has 1 aromatic carbocycles. The molecule has 0 aliphatic carbocycles. The third-order valence-electron chi connectivity index (χ3n) is 6.21. The highest BCUT2D eigenvalue weighted by molar-refractivity contribution is 6.09. The number of likely N-dealkylation sites (N-methyl/N-ethyl adjacent to an activating group) is 1. The summed E-state index contributed by atoms with van der Waals surface area (Å²) in [6, 6.07) is 6.47. The Bertz CT molecular complexity index is 871. The lowest BCUT2D eigenvalue weighted by Crippen LogP contribution is -2.58. The van der Waals surface area contributed by atoms with Crippen LogP contribution in [0.25, 0.3) is 0 Å². The largest absolute Gasteiger partial charge is 0.468 e. The number of likely N-dealkylation sites (tertiary alicyclic amines) is 1. The molecular weight excluding hydrogens is 388 g/mol. The fourth-order valence-electron chi connectivity index (χ4n) is 4.50. The van der Waals surface area contributed by atoms with Crippen LogP contribution in [0.15, 0.2) is 24.3 Å². The number of esters is 1. The van der Waals surface area contributed by atoms with Gasteiger partial charge in [0.2, 0.25) is 11.8 Å². The molecule has 0 saturated carbocycles. The first kappa shape index (κ1) is 21.8. The molecule has 0 radical (unpaired) electrons. The predicted molar refractivity (Wildman–Crippen MR) is 110 cm³/mol. The number of amides is 4. The van der Waals surface area contributed by atoms with Crippen molar-refractivity contribution in [2.24, 2.45) is 11.8 Å². The van der Waals surface area contributed by atoms with Gasteiger partial charge in [-0.25, -0.2) is 4.79 Å². The number of carbonyl (C=O) groups excluding carboxylic acids is 4. The Labute approximate surface area is 175 Å². The summed E-state index contributed by atoms with van der Waals surface area (Å²) < 4.78 is 4.97. The van der Waals surface area contributed by atoms with Crippen molar-refractivity contribution in [3.05, 3.63) is 29.8 Å². The summed E-state index contributed by atoms with van der Waals surface area (Å²) in [4.78, 5) is 53.4. The van der Waals surface area contributed by atoms with Gasteiger partial charge in [-0.15, -0.1) is 0 Å². The summed E-state index contributed by atoms with van der Waals surface area (Å²) in [5.74, 6) is -2.93. The number of urea groups is 1. The molecule has 9 heteroatoms. The van der Waals surface area contributed by atoms with E-state index in [1.807, 2.05) is 19.1 Å². The lowest BCUT2D eigenvalue weighted by molar-refractivity contribution is -0.154. The molecule has 0 unspecified atom stereocenters. The molecule has 2 fully saturated rings. The maximum absolute atomic E-state index is 12.8. The zero-order valence-corrected chi connectivity index (χ0v) is 17.9. The number of aryl methyl sites for hydroxylation is 1. The minimum atomic E-state index is -1.30. The quantitative estimate of drug-likeness (QED) is 0.547. The number of hydrogen-bond donors (Lipinski definition) is 2. The second-order valence-electron chi connectivity index (χ2n) is 7.98. The van der Waals surface area contributed by atoms with Crippen LogP contribution < -0.4 is 10.6 Å². The Morgan fingerprint density at radius 1 is 1.23 bits per heavy atom. The normalized spacial score (nSPS) is 27.8. The van der Waals surface area contributed by atoms with Gasteiger partial charge in [-0.05, 0) is 25.5 Å².